The van der Waals surface area contributed by atoms with Gasteiger partial charge in [0.05, 0.1) is 11.1 Å². The molecule has 0 spiro atoms. The highest BCUT2D eigenvalue weighted by Gasteiger charge is 2.36. The molecule has 1 amide bonds. The summed E-state index contributed by atoms with van der Waals surface area (Å²) < 4.78 is 39.7. The molecular formula is C20H22F3N5O. The molecule has 9 heteroatoms. The van der Waals surface area contributed by atoms with Gasteiger partial charge in [0, 0.05) is 45.3 Å². The molecule has 6 nitrogen and oxygen atoms in total. The van der Waals surface area contributed by atoms with E-state index < -0.39 is 17.6 Å². The molecule has 2 fully saturated rings. The van der Waals surface area contributed by atoms with Crippen LogP contribution in [0.2, 0.25) is 0 Å². The van der Waals surface area contributed by atoms with E-state index in [0.717, 1.165) is 43.6 Å². The zero-order valence-corrected chi connectivity index (χ0v) is 15.9. The summed E-state index contributed by atoms with van der Waals surface area (Å²) in [4.78, 5) is 27.1. The van der Waals surface area contributed by atoms with Gasteiger partial charge in [-0.25, -0.2) is 9.97 Å². The normalized spacial score (nSPS) is 17.7. The van der Waals surface area contributed by atoms with Crippen LogP contribution in [0.5, 0.6) is 0 Å². The molecule has 2 saturated heterocycles. The number of alkyl halides is 3. The van der Waals surface area contributed by atoms with Gasteiger partial charge in [0.25, 0.3) is 5.91 Å². The first-order valence-corrected chi connectivity index (χ1v) is 9.71. The summed E-state index contributed by atoms with van der Waals surface area (Å²) in [5.41, 5.74) is -1.19. The van der Waals surface area contributed by atoms with Crippen molar-refractivity contribution in [2.45, 2.75) is 19.0 Å². The lowest BCUT2D eigenvalue weighted by atomic mass is 10.1. The van der Waals surface area contributed by atoms with Crippen LogP contribution in [-0.2, 0) is 6.18 Å². The molecule has 1 aromatic heterocycles. The molecule has 0 aliphatic carbocycles. The second kappa shape index (κ2) is 7.88. The Bertz CT molecular complexity index is 874. The van der Waals surface area contributed by atoms with Crippen LogP contribution in [0.1, 0.15) is 28.8 Å². The standard InChI is InChI=1S/C20H22F3N5O/c21-20(22,23)16-6-2-1-5-15(16)19(29)28-11-9-27(10-12-28)18-13-17(24-14-25-18)26-7-3-4-8-26/h1-2,5-6,13-14H,3-4,7-12H2. The number of rotatable bonds is 3. The van der Waals surface area contributed by atoms with Crippen molar-refractivity contribution in [1.82, 2.24) is 14.9 Å². The van der Waals surface area contributed by atoms with Crippen molar-refractivity contribution in [2.75, 3.05) is 49.1 Å². The third-order valence-electron chi connectivity index (χ3n) is 5.42. The predicted molar refractivity (Wildman–Crippen MR) is 103 cm³/mol. The van der Waals surface area contributed by atoms with Crippen LogP contribution in [0.25, 0.3) is 0 Å². The van der Waals surface area contributed by atoms with E-state index in [1.807, 2.05) is 11.0 Å². The first-order valence-electron chi connectivity index (χ1n) is 9.71. The Kier molecular flexibility index (Phi) is 5.29. The van der Waals surface area contributed by atoms with Crippen molar-refractivity contribution in [3.05, 3.63) is 47.8 Å². The number of aromatic nitrogens is 2. The Balaban J connectivity index is 1.44. The van der Waals surface area contributed by atoms with E-state index in [2.05, 4.69) is 14.9 Å². The van der Waals surface area contributed by atoms with Crippen molar-refractivity contribution in [2.24, 2.45) is 0 Å². The minimum atomic E-state index is -4.55. The van der Waals surface area contributed by atoms with Gasteiger partial charge in [-0.15, -0.1) is 0 Å². The van der Waals surface area contributed by atoms with Crippen molar-refractivity contribution in [3.8, 4) is 0 Å². The summed E-state index contributed by atoms with van der Waals surface area (Å²) in [6.07, 6.45) is -0.708. The van der Waals surface area contributed by atoms with E-state index in [4.69, 9.17) is 0 Å². The summed E-state index contributed by atoms with van der Waals surface area (Å²) in [5.74, 6) is 1.09. The van der Waals surface area contributed by atoms with E-state index in [0.29, 0.717) is 26.2 Å². The van der Waals surface area contributed by atoms with Crippen LogP contribution in [0.15, 0.2) is 36.7 Å². The van der Waals surface area contributed by atoms with Gasteiger partial charge < -0.3 is 14.7 Å². The Morgan fingerprint density at radius 3 is 2.07 bits per heavy atom. The minimum absolute atomic E-state index is 0.299. The molecule has 0 saturated carbocycles. The van der Waals surface area contributed by atoms with Gasteiger partial charge in [0.15, 0.2) is 0 Å². The smallest absolute Gasteiger partial charge is 0.356 e. The molecule has 0 bridgehead atoms. The van der Waals surface area contributed by atoms with Crippen LogP contribution in [0.3, 0.4) is 0 Å². The fourth-order valence-electron chi connectivity index (χ4n) is 3.86. The minimum Gasteiger partial charge on any atom is -0.356 e. The lowest BCUT2D eigenvalue weighted by Crippen LogP contribution is -2.49. The molecule has 4 rings (SSSR count). The summed E-state index contributed by atoms with van der Waals surface area (Å²) in [6.45, 7) is 3.67. The Morgan fingerprint density at radius 2 is 1.45 bits per heavy atom. The molecule has 2 aliphatic heterocycles. The second-order valence-corrected chi connectivity index (χ2v) is 7.25. The second-order valence-electron chi connectivity index (χ2n) is 7.25. The first-order chi connectivity index (χ1) is 13.9. The van der Waals surface area contributed by atoms with Crippen molar-refractivity contribution < 1.29 is 18.0 Å². The van der Waals surface area contributed by atoms with Gasteiger partial charge >= 0.3 is 6.18 Å². The number of amides is 1. The van der Waals surface area contributed by atoms with Crippen LogP contribution in [-0.4, -0.2) is 60.0 Å². The third-order valence-corrected chi connectivity index (χ3v) is 5.42. The van der Waals surface area contributed by atoms with Crippen LogP contribution >= 0.6 is 0 Å². The molecule has 1 aromatic carbocycles. The zero-order chi connectivity index (χ0) is 20.4. The van der Waals surface area contributed by atoms with E-state index in [1.54, 1.807) is 6.33 Å². The van der Waals surface area contributed by atoms with Gasteiger partial charge in [-0.2, -0.15) is 13.2 Å². The van der Waals surface area contributed by atoms with E-state index in [9.17, 15) is 18.0 Å². The van der Waals surface area contributed by atoms with Crippen molar-refractivity contribution >= 4 is 17.5 Å². The van der Waals surface area contributed by atoms with E-state index >= 15 is 0 Å². The average Bonchev–Trinajstić information content (AvgIpc) is 3.28. The first kappa shape index (κ1) is 19.5. The van der Waals surface area contributed by atoms with E-state index in [-0.39, 0.29) is 5.56 Å². The number of carbonyl (C=O) groups excluding carboxylic acids is 1. The maximum atomic E-state index is 13.2. The lowest BCUT2D eigenvalue weighted by Gasteiger charge is -2.36. The zero-order valence-electron chi connectivity index (χ0n) is 15.9. The summed E-state index contributed by atoms with van der Waals surface area (Å²) in [6, 6.07) is 6.89. The number of anilines is 2. The van der Waals surface area contributed by atoms with Gasteiger partial charge in [0.1, 0.15) is 18.0 Å². The molecule has 2 aromatic rings. The number of hydrogen-bond acceptors (Lipinski definition) is 5. The monoisotopic (exact) mass is 405 g/mol. The highest BCUT2D eigenvalue weighted by molar-refractivity contribution is 5.96. The maximum Gasteiger partial charge on any atom is 0.417 e. The summed E-state index contributed by atoms with van der Waals surface area (Å²) in [5, 5.41) is 0. The molecule has 154 valence electrons. The summed E-state index contributed by atoms with van der Waals surface area (Å²) in [7, 11) is 0. The topological polar surface area (TPSA) is 52.6 Å². The van der Waals surface area contributed by atoms with E-state index in [1.165, 1.54) is 23.1 Å². The highest BCUT2D eigenvalue weighted by Crippen LogP contribution is 2.32. The fraction of sp³-hybridized carbons (Fsp3) is 0.450. The predicted octanol–water partition coefficient (Wildman–Crippen LogP) is 3.06. The highest BCUT2D eigenvalue weighted by atomic mass is 19.4. The van der Waals surface area contributed by atoms with Crippen LogP contribution < -0.4 is 9.80 Å². The maximum absolute atomic E-state index is 13.2. The molecule has 29 heavy (non-hydrogen) atoms. The Morgan fingerprint density at radius 1 is 0.862 bits per heavy atom. The number of benzene rings is 1. The Hall–Kier alpha value is -2.84. The molecule has 0 N–H and O–H groups in total. The summed E-state index contributed by atoms with van der Waals surface area (Å²) >= 11 is 0. The van der Waals surface area contributed by atoms with Gasteiger partial charge in [-0.3, -0.25) is 4.79 Å². The van der Waals surface area contributed by atoms with Gasteiger partial charge in [0.2, 0.25) is 0 Å². The molecule has 2 aliphatic rings. The van der Waals surface area contributed by atoms with Gasteiger partial charge in [-0.1, -0.05) is 12.1 Å². The van der Waals surface area contributed by atoms with Crippen LogP contribution in [0, 0.1) is 0 Å². The third kappa shape index (κ3) is 4.13. The SMILES string of the molecule is O=C(c1ccccc1C(F)(F)F)N1CCN(c2cc(N3CCCC3)ncn2)CC1. The van der Waals surface area contributed by atoms with Crippen molar-refractivity contribution in [3.63, 3.8) is 0 Å². The molecule has 0 unspecified atom stereocenters. The molecule has 0 atom stereocenters. The number of piperazine rings is 1. The van der Waals surface area contributed by atoms with Gasteiger partial charge in [-0.05, 0) is 25.0 Å². The number of hydrogen-bond donors (Lipinski definition) is 0. The lowest BCUT2D eigenvalue weighted by molar-refractivity contribution is -0.138. The van der Waals surface area contributed by atoms with Crippen molar-refractivity contribution in [1.29, 1.82) is 0 Å². The molecule has 3 heterocycles. The van der Waals surface area contributed by atoms with Crippen LogP contribution in [0.4, 0.5) is 24.8 Å². The molecular weight excluding hydrogens is 383 g/mol. The number of nitrogens with zero attached hydrogens (tertiary/aromatic N) is 5. The quantitative estimate of drug-likeness (QED) is 0.786. The number of carbonyl (C=O) groups is 1. The average molecular weight is 405 g/mol. The molecule has 0 radical (unpaired) electrons. The largest absolute Gasteiger partial charge is 0.417 e. The fourth-order valence-corrected chi connectivity index (χ4v) is 3.86. The number of halogens is 3. The Labute approximate surface area is 167 Å².